The molecule has 4 aliphatic carbocycles. The largest absolute Gasteiger partial charge is 0.351 e. The minimum Gasteiger partial charge on any atom is -0.351 e. The Morgan fingerprint density at radius 3 is 2.45 bits per heavy atom. The van der Waals surface area contributed by atoms with E-state index in [2.05, 4.69) is 22.3 Å². The number of hydrogen-bond donors (Lipinski definition) is 1. The van der Waals surface area contributed by atoms with Gasteiger partial charge in [-0.3, -0.25) is 14.3 Å². The van der Waals surface area contributed by atoms with Crippen molar-refractivity contribution < 1.29 is 4.79 Å². The molecule has 2 aromatic rings. The van der Waals surface area contributed by atoms with Crippen molar-refractivity contribution in [1.82, 2.24) is 24.6 Å². The van der Waals surface area contributed by atoms with Gasteiger partial charge in [0.25, 0.3) is 0 Å². The summed E-state index contributed by atoms with van der Waals surface area (Å²) in [6, 6.07) is 5.61. The number of carbonyl (C=O) groups excluding carboxylic acids is 1. The summed E-state index contributed by atoms with van der Waals surface area (Å²) in [7, 11) is 1.66. The molecule has 154 valence electrons. The van der Waals surface area contributed by atoms with Gasteiger partial charge in [0, 0.05) is 19.3 Å². The molecular formula is C22H29N5O2. The lowest BCUT2D eigenvalue weighted by Crippen LogP contribution is -2.56. The normalized spacial score (nSPS) is 31.0. The van der Waals surface area contributed by atoms with Crippen molar-refractivity contribution in [2.75, 3.05) is 0 Å². The lowest BCUT2D eigenvalue weighted by atomic mass is 9.48. The number of rotatable bonds is 5. The van der Waals surface area contributed by atoms with Gasteiger partial charge < -0.3 is 5.32 Å². The van der Waals surface area contributed by atoms with E-state index in [-0.39, 0.29) is 29.6 Å². The third-order valence-electron chi connectivity index (χ3n) is 7.61. The second-order valence-electron chi connectivity index (χ2n) is 9.61. The summed E-state index contributed by atoms with van der Waals surface area (Å²) in [6.07, 6.45) is 9.56. The van der Waals surface area contributed by atoms with Gasteiger partial charge in [0.15, 0.2) is 5.82 Å². The third-order valence-corrected chi connectivity index (χ3v) is 7.61. The van der Waals surface area contributed by atoms with Crippen LogP contribution in [0.1, 0.15) is 45.4 Å². The highest BCUT2D eigenvalue weighted by atomic mass is 16.2. The molecule has 4 fully saturated rings. The standard InChI is InChI=1S/C22H29N5O2/c1-14(22-10-15-7-16(11-22)9-17(8-15)12-22)24-19(28)13-27-21(29)26(2)20(25-27)18-5-3-4-6-23-18/h3-6,14-17H,7-13H2,1-2H3,(H,24,28)/t14-,15?,16?,17?,22?/m0/s1. The van der Waals surface area contributed by atoms with Crippen molar-refractivity contribution in [3.8, 4) is 11.5 Å². The Morgan fingerprint density at radius 2 is 1.86 bits per heavy atom. The van der Waals surface area contributed by atoms with Gasteiger partial charge in [0.1, 0.15) is 12.2 Å². The summed E-state index contributed by atoms with van der Waals surface area (Å²) >= 11 is 0. The van der Waals surface area contributed by atoms with Crippen LogP contribution in [0.15, 0.2) is 29.2 Å². The van der Waals surface area contributed by atoms with Crippen molar-refractivity contribution >= 4 is 5.91 Å². The first-order valence-corrected chi connectivity index (χ1v) is 10.8. The van der Waals surface area contributed by atoms with E-state index in [0.29, 0.717) is 11.5 Å². The average molecular weight is 396 g/mol. The van der Waals surface area contributed by atoms with Crippen molar-refractivity contribution in [2.24, 2.45) is 30.2 Å². The zero-order valence-corrected chi connectivity index (χ0v) is 17.2. The molecule has 7 heteroatoms. The van der Waals surface area contributed by atoms with Gasteiger partial charge in [-0.2, -0.15) is 0 Å². The van der Waals surface area contributed by atoms with E-state index < -0.39 is 0 Å². The number of hydrogen-bond acceptors (Lipinski definition) is 4. The van der Waals surface area contributed by atoms with Gasteiger partial charge in [-0.05, 0) is 80.8 Å². The molecule has 4 saturated carbocycles. The fourth-order valence-electron chi connectivity index (χ4n) is 6.59. The van der Waals surface area contributed by atoms with E-state index in [1.165, 1.54) is 47.8 Å². The topological polar surface area (TPSA) is 81.8 Å². The lowest BCUT2D eigenvalue weighted by molar-refractivity contribution is -0.126. The maximum Gasteiger partial charge on any atom is 0.346 e. The molecule has 0 saturated heterocycles. The summed E-state index contributed by atoms with van der Waals surface area (Å²) < 4.78 is 2.68. The zero-order valence-electron chi connectivity index (χ0n) is 17.2. The Labute approximate surface area is 170 Å². The Balaban J connectivity index is 1.30. The summed E-state index contributed by atoms with van der Waals surface area (Å²) in [5, 5.41) is 7.58. The predicted molar refractivity (Wildman–Crippen MR) is 109 cm³/mol. The fourth-order valence-corrected chi connectivity index (χ4v) is 6.59. The van der Waals surface area contributed by atoms with Gasteiger partial charge in [-0.15, -0.1) is 5.10 Å². The summed E-state index contributed by atoms with van der Waals surface area (Å²) in [5.74, 6) is 2.87. The summed E-state index contributed by atoms with van der Waals surface area (Å²) in [5.41, 5.74) is 0.565. The first kappa shape index (κ1) is 18.6. The maximum atomic E-state index is 12.8. The summed E-state index contributed by atoms with van der Waals surface area (Å²) in [4.78, 5) is 29.6. The van der Waals surface area contributed by atoms with Gasteiger partial charge in [0.05, 0.1) is 0 Å². The highest BCUT2D eigenvalue weighted by Gasteiger charge is 2.53. The molecule has 7 nitrogen and oxygen atoms in total. The number of amides is 1. The van der Waals surface area contributed by atoms with Crippen LogP contribution in [0.25, 0.3) is 11.5 Å². The van der Waals surface area contributed by atoms with Gasteiger partial charge in [-0.25, -0.2) is 9.48 Å². The molecule has 4 bridgehead atoms. The van der Waals surface area contributed by atoms with Crippen LogP contribution in [0.4, 0.5) is 0 Å². The second-order valence-corrected chi connectivity index (χ2v) is 9.61. The highest BCUT2D eigenvalue weighted by Crippen LogP contribution is 2.61. The Hall–Kier alpha value is -2.44. The minimum atomic E-state index is -0.303. The molecule has 0 spiro atoms. The van der Waals surface area contributed by atoms with Crippen molar-refractivity contribution in [2.45, 2.75) is 58.0 Å². The lowest BCUT2D eigenvalue weighted by Gasteiger charge is -2.59. The molecule has 4 aliphatic rings. The first-order valence-electron chi connectivity index (χ1n) is 10.8. The zero-order chi connectivity index (χ0) is 20.2. The average Bonchev–Trinajstić information content (AvgIpc) is 2.96. The minimum absolute atomic E-state index is 0.0593. The maximum absolute atomic E-state index is 12.8. The van der Waals surface area contributed by atoms with Crippen molar-refractivity contribution in [1.29, 1.82) is 0 Å². The van der Waals surface area contributed by atoms with Crippen molar-refractivity contribution in [3.05, 3.63) is 34.9 Å². The molecule has 0 unspecified atom stereocenters. The quantitative estimate of drug-likeness (QED) is 0.843. The predicted octanol–water partition coefficient (Wildman–Crippen LogP) is 2.36. The van der Waals surface area contributed by atoms with E-state index >= 15 is 0 Å². The third kappa shape index (κ3) is 3.20. The highest BCUT2D eigenvalue weighted by molar-refractivity contribution is 5.76. The fraction of sp³-hybridized carbons (Fsp3) is 0.636. The molecule has 0 aliphatic heterocycles. The Bertz CT molecular complexity index is 942. The molecule has 29 heavy (non-hydrogen) atoms. The van der Waals surface area contributed by atoms with E-state index in [1.807, 2.05) is 12.1 Å². The molecule has 2 aromatic heterocycles. The number of pyridine rings is 1. The number of carbonyl (C=O) groups is 1. The molecule has 6 rings (SSSR count). The number of nitrogens with one attached hydrogen (secondary N) is 1. The molecule has 0 radical (unpaired) electrons. The van der Waals surface area contributed by atoms with Crippen molar-refractivity contribution in [3.63, 3.8) is 0 Å². The van der Waals surface area contributed by atoms with Crippen LogP contribution in [-0.2, 0) is 18.4 Å². The van der Waals surface area contributed by atoms with Gasteiger partial charge in [-0.1, -0.05) is 6.07 Å². The van der Waals surface area contributed by atoms with E-state index in [1.54, 1.807) is 19.3 Å². The SMILES string of the molecule is C[C@H](NC(=O)Cn1nc(-c2ccccn2)n(C)c1=O)C12CC3CC(CC(C3)C1)C2. The molecule has 1 atom stereocenters. The second kappa shape index (κ2) is 6.82. The van der Waals surface area contributed by atoms with E-state index in [9.17, 15) is 9.59 Å². The van der Waals surface area contributed by atoms with Crippen LogP contribution in [0.5, 0.6) is 0 Å². The van der Waals surface area contributed by atoms with Gasteiger partial charge >= 0.3 is 5.69 Å². The van der Waals surface area contributed by atoms with Gasteiger partial charge in [0.2, 0.25) is 5.91 Å². The first-order chi connectivity index (χ1) is 13.9. The molecule has 0 aromatic carbocycles. The number of nitrogens with zero attached hydrogens (tertiary/aromatic N) is 4. The van der Waals surface area contributed by atoms with Crippen LogP contribution in [0.2, 0.25) is 0 Å². The summed E-state index contributed by atoms with van der Waals surface area (Å²) in [6.45, 7) is 2.10. The molecule has 1 N–H and O–H groups in total. The molecule has 1 amide bonds. The van der Waals surface area contributed by atoms with Crippen LogP contribution in [0, 0.1) is 23.2 Å². The van der Waals surface area contributed by atoms with Crippen LogP contribution in [0.3, 0.4) is 0 Å². The smallest absolute Gasteiger partial charge is 0.346 e. The Morgan fingerprint density at radius 1 is 1.21 bits per heavy atom. The molecular weight excluding hydrogens is 366 g/mol. The molecule has 2 heterocycles. The van der Waals surface area contributed by atoms with Crippen LogP contribution < -0.4 is 11.0 Å². The van der Waals surface area contributed by atoms with E-state index in [4.69, 9.17) is 0 Å². The number of aromatic nitrogens is 4. The van der Waals surface area contributed by atoms with Crippen LogP contribution in [-0.4, -0.2) is 31.3 Å². The monoisotopic (exact) mass is 395 g/mol. The van der Waals surface area contributed by atoms with Crippen LogP contribution >= 0.6 is 0 Å². The van der Waals surface area contributed by atoms with E-state index in [0.717, 1.165) is 17.8 Å². The Kier molecular flexibility index (Phi) is 4.37.